The van der Waals surface area contributed by atoms with E-state index in [-0.39, 0.29) is 0 Å². The smallest absolute Gasteiger partial charge is 0.164 e. The molecule has 0 N–H and O–H groups in total. The molecule has 12 rings (SSSR count). The Kier molecular flexibility index (Phi) is 8.11. The van der Waals surface area contributed by atoms with Crippen LogP contribution in [-0.4, -0.2) is 28.7 Å². The van der Waals surface area contributed by atoms with Gasteiger partial charge in [-0.05, 0) is 41.0 Å². The molecular formula is C52H30N6S2. The molecule has 6 nitrogen and oxygen atoms in total. The number of nitrogens with zero attached hydrogens (tertiary/aromatic N) is 6. The first kappa shape index (κ1) is 34.5. The van der Waals surface area contributed by atoms with Crippen LogP contribution in [-0.2, 0) is 0 Å². The van der Waals surface area contributed by atoms with Crippen LogP contribution in [0.5, 0.6) is 0 Å². The van der Waals surface area contributed by atoms with E-state index >= 15 is 0 Å². The zero-order valence-electron chi connectivity index (χ0n) is 31.8. The Morgan fingerprint density at radius 3 is 1.73 bits per heavy atom. The number of hydrogen-bond donors (Lipinski definition) is 0. The van der Waals surface area contributed by atoms with Gasteiger partial charge < -0.3 is 0 Å². The van der Waals surface area contributed by atoms with Gasteiger partial charge in [-0.3, -0.25) is 0 Å². The van der Waals surface area contributed by atoms with E-state index in [4.69, 9.17) is 28.7 Å². The van der Waals surface area contributed by atoms with Gasteiger partial charge in [-0.25, -0.2) is 19.9 Å². The lowest BCUT2D eigenvalue weighted by molar-refractivity contribution is 1.07. The van der Waals surface area contributed by atoms with Gasteiger partial charge in [-0.15, -0.1) is 11.3 Å². The fraction of sp³-hybridized carbons (Fsp3) is 0. The summed E-state index contributed by atoms with van der Waals surface area (Å²) in [6.07, 6.45) is 0. The topological polar surface area (TPSA) is 77.3 Å². The van der Waals surface area contributed by atoms with Crippen molar-refractivity contribution in [2.45, 2.75) is 0 Å². The average Bonchev–Trinajstić information content (AvgIpc) is 3.97. The molecule has 0 saturated heterocycles. The Morgan fingerprint density at radius 2 is 0.933 bits per heavy atom. The lowest BCUT2D eigenvalue weighted by Gasteiger charge is -2.14. The molecule has 0 spiro atoms. The average molecular weight is 803 g/mol. The molecule has 0 saturated carbocycles. The van der Waals surface area contributed by atoms with Gasteiger partial charge in [0.1, 0.15) is 11.0 Å². The molecule has 0 aliphatic heterocycles. The summed E-state index contributed by atoms with van der Waals surface area (Å²) >= 11 is 3.07. The maximum absolute atomic E-state index is 5.22. The van der Waals surface area contributed by atoms with E-state index < -0.39 is 0 Å². The lowest BCUT2D eigenvalue weighted by Crippen LogP contribution is -2.00. The zero-order chi connectivity index (χ0) is 39.6. The molecule has 0 unspecified atom stereocenters. The molecule has 280 valence electrons. The van der Waals surface area contributed by atoms with Crippen molar-refractivity contribution in [1.29, 1.82) is 0 Å². The molecule has 0 bridgehead atoms. The Bertz CT molecular complexity index is 3600. The number of rotatable bonds is 6. The van der Waals surface area contributed by atoms with E-state index in [9.17, 15) is 0 Å². The molecule has 0 fully saturated rings. The molecule has 8 heteroatoms. The van der Waals surface area contributed by atoms with Crippen molar-refractivity contribution >= 4 is 75.9 Å². The minimum Gasteiger partial charge on any atom is -0.247 e. The monoisotopic (exact) mass is 802 g/mol. The van der Waals surface area contributed by atoms with Crippen molar-refractivity contribution < 1.29 is 0 Å². The zero-order valence-corrected chi connectivity index (χ0v) is 33.5. The fourth-order valence-electron chi connectivity index (χ4n) is 8.35. The summed E-state index contributed by atoms with van der Waals surface area (Å²) in [6, 6.07) is 63.2. The molecule has 60 heavy (non-hydrogen) atoms. The highest BCUT2D eigenvalue weighted by Crippen LogP contribution is 2.43. The number of pyridine rings is 1. The van der Waals surface area contributed by atoms with E-state index in [1.807, 2.05) is 53.8 Å². The summed E-state index contributed by atoms with van der Waals surface area (Å²) in [5, 5.41) is 5.72. The van der Waals surface area contributed by atoms with Crippen LogP contribution >= 0.6 is 23.1 Å². The molecule has 8 aromatic carbocycles. The lowest BCUT2D eigenvalue weighted by atomic mass is 9.93. The summed E-state index contributed by atoms with van der Waals surface area (Å²) in [7, 11) is 0. The molecular weight excluding hydrogens is 773 g/mol. The first-order chi connectivity index (χ1) is 29.7. The van der Waals surface area contributed by atoms with E-state index in [0.717, 1.165) is 77.3 Å². The number of aromatic nitrogens is 6. The molecule has 0 radical (unpaired) electrons. The summed E-state index contributed by atoms with van der Waals surface area (Å²) < 4.78 is 12.4. The highest BCUT2D eigenvalue weighted by molar-refractivity contribution is 7.26. The highest BCUT2D eigenvalue weighted by atomic mass is 32.1. The molecule has 12 aromatic rings. The van der Waals surface area contributed by atoms with Gasteiger partial charge in [-0.1, -0.05) is 158 Å². The largest absolute Gasteiger partial charge is 0.247 e. The van der Waals surface area contributed by atoms with Crippen molar-refractivity contribution in [2.75, 3.05) is 0 Å². The van der Waals surface area contributed by atoms with Crippen LogP contribution in [0.1, 0.15) is 0 Å². The van der Waals surface area contributed by atoms with Crippen LogP contribution < -0.4 is 0 Å². The Labute approximate surface area is 352 Å². The minimum atomic E-state index is 0.589. The van der Waals surface area contributed by atoms with Gasteiger partial charge in [0.25, 0.3) is 0 Å². The summed E-state index contributed by atoms with van der Waals surface area (Å²) in [4.78, 5) is 20.5. The van der Waals surface area contributed by atoms with Crippen LogP contribution in [0.15, 0.2) is 182 Å². The van der Waals surface area contributed by atoms with Crippen molar-refractivity contribution in [3.63, 3.8) is 0 Å². The molecule has 0 aliphatic rings. The fourth-order valence-corrected chi connectivity index (χ4v) is 10.2. The predicted molar refractivity (Wildman–Crippen MR) is 249 cm³/mol. The second kappa shape index (κ2) is 14.1. The van der Waals surface area contributed by atoms with Crippen LogP contribution in [0.25, 0.3) is 121 Å². The maximum atomic E-state index is 5.22. The van der Waals surface area contributed by atoms with Crippen LogP contribution in [0, 0.1) is 0 Å². The van der Waals surface area contributed by atoms with E-state index in [2.05, 4.69) is 140 Å². The van der Waals surface area contributed by atoms with E-state index in [0.29, 0.717) is 17.5 Å². The Balaban J connectivity index is 0.997. The third kappa shape index (κ3) is 5.76. The van der Waals surface area contributed by atoms with Gasteiger partial charge in [0.15, 0.2) is 17.5 Å². The van der Waals surface area contributed by atoms with E-state index in [1.54, 1.807) is 0 Å². The normalized spacial score (nSPS) is 11.7. The van der Waals surface area contributed by atoms with Gasteiger partial charge in [-0.2, -0.15) is 8.75 Å². The SMILES string of the molecule is c1ccc(-c2nc(-c3ccc(-c4cccc5c4sc4ccccc45)cc3)nc(-c3cccc(-c4cc5c(-c6ccccc6)nc6ccccc6c5c5nsnc45)c3)n2)cc1. The van der Waals surface area contributed by atoms with Crippen molar-refractivity contribution in [3.8, 4) is 67.7 Å². The van der Waals surface area contributed by atoms with Crippen LogP contribution in [0.4, 0.5) is 0 Å². The number of thiophene rings is 1. The number of fused-ring (bicyclic) bond motifs is 8. The van der Waals surface area contributed by atoms with Crippen molar-refractivity contribution in [1.82, 2.24) is 28.7 Å². The first-order valence-electron chi connectivity index (χ1n) is 19.7. The third-order valence-electron chi connectivity index (χ3n) is 11.2. The maximum Gasteiger partial charge on any atom is 0.164 e. The second-order valence-corrected chi connectivity index (χ2v) is 16.3. The van der Waals surface area contributed by atoms with E-state index in [1.165, 1.54) is 37.5 Å². The number of para-hydroxylation sites is 1. The van der Waals surface area contributed by atoms with Gasteiger partial charge >= 0.3 is 0 Å². The summed E-state index contributed by atoms with van der Waals surface area (Å²) in [5.74, 6) is 1.81. The molecule has 0 atom stereocenters. The number of benzene rings is 8. The molecule has 0 aliphatic carbocycles. The van der Waals surface area contributed by atoms with Crippen LogP contribution in [0.3, 0.4) is 0 Å². The standard InChI is InChI=1S/C52H30N6S2/c1-3-13-32(14-4-1)46-42-30-41(47-48(58-60-57-47)45(42)40-20-7-9-23-43(40)53-46)35-17-11-18-36(29-35)52-55-50(33-15-5-2-6-16-33)54-51(56-52)34-27-25-31(26-28-34)37-21-12-22-39-38-19-8-10-24-44(38)59-49(37)39/h1-30H. The van der Waals surface area contributed by atoms with Gasteiger partial charge in [0.05, 0.1) is 22.9 Å². The van der Waals surface area contributed by atoms with Gasteiger partial charge in [0, 0.05) is 64.1 Å². The predicted octanol–water partition coefficient (Wildman–Crippen LogP) is 13.9. The highest BCUT2D eigenvalue weighted by Gasteiger charge is 2.20. The Morgan fingerprint density at radius 1 is 0.350 bits per heavy atom. The number of hydrogen-bond acceptors (Lipinski definition) is 8. The first-order valence-corrected chi connectivity index (χ1v) is 21.2. The Hall–Kier alpha value is -7.52. The van der Waals surface area contributed by atoms with Crippen molar-refractivity contribution in [3.05, 3.63) is 182 Å². The van der Waals surface area contributed by atoms with Crippen LogP contribution in [0.2, 0.25) is 0 Å². The molecule has 4 heterocycles. The minimum absolute atomic E-state index is 0.589. The third-order valence-corrected chi connectivity index (χ3v) is 13.0. The summed E-state index contributed by atoms with van der Waals surface area (Å²) in [5.41, 5.74) is 11.7. The molecule has 0 amide bonds. The van der Waals surface area contributed by atoms with Crippen molar-refractivity contribution in [2.24, 2.45) is 0 Å². The summed E-state index contributed by atoms with van der Waals surface area (Å²) in [6.45, 7) is 0. The molecule has 4 aromatic heterocycles. The van der Waals surface area contributed by atoms with Gasteiger partial charge in [0.2, 0.25) is 0 Å². The second-order valence-electron chi connectivity index (χ2n) is 14.8. The quantitative estimate of drug-likeness (QED) is 0.156.